The van der Waals surface area contributed by atoms with Crippen LogP contribution < -0.4 is 10.4 Å². The molecule has 0 amide bonds. The van der Waals surface area contributed by atoms with Crippen molar-refractivity contribution in [3.05, 3.63) is 45.1 Å². The number of ketones is 1. The summed E-state index contributed by atoms with van der Waals surface area (Å²) in [7, 11) is 0. The zero-order valence-electron chi connectivity index (χ0n) is 14.6. The highest BCUT2D eigenvalue weighted by atomic mass is 32.1. The van der Waals surface area contributed by atoms with E-state index in [0.717, 1.165) is 10.4 Å². The molecule has 0 unspecified atom stereocenters. The first-order valence-electron chi connectivity index (χ1n) is 7.90. The molecule has 0 N–H and O–H groups in total. The van der Waals surface area contributed by atoms with Crippen molar-refractivity contribution >= 4 is 28.1 Å². The van der Waals surface area contributed by atoms with E-state index in [-0.39, 0.29) is 12.4 Å². The lowest BCUT2D eigenvalue weighted by Gasteiger charge is -2.16. The van der Waals surface area contributed by atoms with Gasteiger partial charge in [0.15, 0.2) is 5.78 Å². The Morgan fingerprint density at radius 2 is 2.04 bits per heavy atom. The van der Waals surface area contributed by atoms with Crippen LogP contribution in [-0.2, 0) is 4.79 Å². The first kappa shape index (κ1) is 17.4. The Kier molecular flexibility index (Phi) is 4.47. The number of benzene rings is 1. The van der Waals surface area contributed by atoms with Gasteiger partial charge in [-0.3, -0.25) is 4.79 Å². The van der Waals surface area contributed by atoms with E-state index in [9.17, 15) is 9.59 Å². The Balaban J connectivity index is 1.89. The SMILES string of the molecule is Cc1nc(-c2cc3ccc(OCC(=O)C(C)(C)C)cc3oc2=O)cs1. The number of carbonyl (C=O) groups excluding carboxylic acids is 1. The Hall–Kier alpha value is -2.47. The minimum Gasteiger partial charge on any atom is -0.486 e. The van der Waals surface area contributed by atoms with Crippen molar-refractivity contribution in [3.8, 4) is 17.0 Å². The molecule has 2 heterocycles. The first-order valence-corrected chi connectivity index (χ1v) is 8.78. The number of nitrogens with zero attached hydrogens (tertiary/aromatic N) is 1. The second kappa shape index (κ2) is 6.44. The third-order valence-electron chi connectivity index (χ3n) is 3.81. The van der Waals surface area contributed by atoms with Gasteiger partial charge < -0.3 is 9.15 Å². The van der Waals surface area contributed by atoms with E-state index in [1.54, 1.807) is 24.3 Å². The van der Waals surface area contributed by atoms with Crippen LogP contribution in [0.5, 0.6) is 5.75 Å². The van der Waals surface area contributed by atoms with Crippen molar-refractivity contribution in [3.63, 3.8) is 0 Å². The van der Waals surface area contributed by atoms with Gasteiger partial charge in [-0.15, -0.1) is 11.3 Å². The molecule has 1 aromatic carbocycles. The van der Waals surface area contributed by atoms with E-state index in [1.807, 2.05) is 33.1 Å². The quantitative estimate of drug-likeness (QED) is 0.654. The third kappa shape index (κ3) is 3.79. The fourth-order valence-electron chi connectivity index (χ4n) is 2.21. The van der Waals surface area contributed by atoms with E-state index in [2.05, 4.69) is 4.98 Å². The molecule has 0 aliphatic heterocycles. The minimum atomic E-state index is -0.454. The maximum absolute atomic E-state index is 12.3. The fourth-order valence-corrected chi connectivity index (χ4v) is 2.83. The van der Waals surface area contributed by atoms with Gasteiger partial charge in [-0.1, -0.05) is 20.8 Å². The lowest BCUT2D eigenvalue weighted by Crippen LogP contribution is -2.26. The van der Waals surface area contributed by atoms with Crippen LogP contribution in [-0.4, -0.2) is 17.4 Å². The first-order chi connectivity index (χ1) is 11.7. The number of ether oxygens (including phenoxy) is 1. The number of carbonyl (C=O) groups is 1. The Morgan fingerprint density at radius 3 is 2.68 bits per heavy atom. The second-order valence-corrected chi connectivity index (χ2v) is 7.92. The molecule has 0 radical (unpaired) electrons. The maximum atomic E-state index is 12.3. The van der Waals surface area contributed by atoms with Gasteiger partial charge in [0, 0.05) is 22.2 Å². The van der Waals surface area contributed by atoms with Crippen LogP contribution in [0, 0.1) is 12.3 Å². The predicted octanol–water partition coefficient (Wildman–Crippen LogP) is 4.22. The molecule has 6 heteroatoms. The lowest BCUT2D eigenvalue weighted by molar-refractivity contribution is -0.128. The summed E-state index contributed by atoms with van der Waals surface area (Å²) in [6.07, 6.45) is 0. The number of hydrogen-bond acceptors (Lipinski definition) is 6. The molecular formula is C19H19NO4S. The van der Waals surface area contributed by atoms with Crippen LogP contribution in [0.15, 0.2) is 38.9 Å². The Bertz CT molecular complexity index is 995. The summed E-state index contributed by atoms with van der Waals surface area (Å²) < 4.78 is 11.0. The van der Waals surface area contributed by atoms with Crippen molar-refractivity contribution < 1.29 is 13.9 Å². The molecule has 0 aliphatic carbocycles. The number of fused-ring (bicyclic) bond motifs is 1. The van der Waals surface area contributed by atoms with E-state index >= 15 is 0 Å². The van der Waals surface area contributed by atoms with E-state index < -0.39 is 11.0 Å². The molecule has 0 saturated heterocycles. The molecule has 0 spiro atoms. The molecule has 5 nitrogen and oxygen atoms in total. The summed E-state index contributed by atoms with van der Waals surface area (Å²) in [6, 6.07) is 6.95. The number of Topliss-reactive ketones (excluding diaryl/α,β-unsaturated/α-hetero) is 1. The molecule has 3 aromatic rings. The van der Waals surface area contributed by atoms with Crippen molar-refractivity contribution in [1.82, 2.24) is 4.98 Å². The molecular weight excluding hydrogens is 338 g/mol. The molecule has 25 heavy (non-hydrogen) atoms. The van der Waals surface area contributed by atoms with Crippen LogP contribution in [0.25, 0.3) is 22.2 Å². The van der Waals surface area contributed by atoms with Crippen LogP contribution in [0.4, 0.5) is 0 Å². The Morgan fingerprint density at radius 1 is 1.28 bits per heavy atom. The summed E-state index contributed by atoms with van der Waals surface area (Å²) in [6.45, 7) is 7.41. The number of hydrogen-bond donors (Lipinski definition) is 0. The summed E-state index contributed by atoms with van der Waals surface area (Å²) >= 11 is 1.48. The molecule has 0 saturated carbocycles. The zero-order chi connectivity index (χ0) is 18.2. The van der Waals surface area contributed by atoms with E-state index in [1.165, 1.54) is 11.3 Å². The van der Waals surface area contributed by atoms with Gasteiger partial charge in [-0.25, -0.2) is 9.78 Å². The number of aryl methyl sites for hydroxylation is 1. The topological polar surface area (TPSA) is 69.4 Å². The van der Waals surface area contributed by atoms with Gasteiger partial charge in [0.2, 0.25) is 0 Å². The molecule has 0 aliphatic rings. The van der Waals surface area contributed by atoms with Gasteiger partial charge in [0.25, 0.3) is 0 Å². The normalized spacial score (nSPS) is 11.7. The predicted molar refractivity (Wildman–Crippen MR) is 98.3 cm³/mol. The molecule has 2 aromatic heterocycles. The summed E-state index contributed by atoms with van der Waals surface area (Å²) in [4.78, 5) is 28.5. The third-order valence-corrected chi connectivity index (χ3v) is 4.58. The lowest BCUT2D eigenvalue weighted by atomic mass is 9.91. The average Bonchev–Trinajstić information content (AvgIpc) is 2.97. The monoisotopic (exact) mass is 357 g/mol. The van der Waals surface area contributed by atoms with E-state index in [4.69, 9.17) is 9.15 Å². The largest absolute Gasteiger partial charge is 0.486 e. The van der Waals surface area contributed by atoms with Gasteiger partial charge in [0.05, 0.1) is 16.3 Å². The number of rotatable bonds is 4. The maximum Gasteiger partial charge on any atom is 0.345 e. The highest BCUT2D eigenvalue weighted by Gasteiger charge is 2.21. The summed E-state index contributed by atoms with van der Waals surface area (Å²) in [5, 5.41) is 3.50. The van der Waals surface area contributed by atoms with Crippen molar-refractivity contribution in [2.45, 2.75) is 27.7 Å². The molecule has 0 atom stereocenters. The standard InChI is InChI=1S/C19H19NO4S/c1-11-20-15(10-25-11)14-7-12-5-6-13(8-16(12)24-18(14)22)23-9-17(21)19(2,3)4/h5-8,10H,9H2,1-4H3. The van der Waals surface area contributed by atoms with Crippen LogP contribution in [0.2, 0.25) is 0 Å². The molecule has 130 valence electrons. The van der Waals surface area contributed by atoms with Gasteiger partial charge in [-0.2, -0.15) is 0 Å². The second-order valence-electron chi connectivity index (χ2n) is 6.86. The van der Waals surface area contributed by atoms with Crippen LogP contribution >= 0.6 is 11.3 Å². The number of aromatic nitrogens is 1. The van der Waals surface area contributed by atoms with Gasteiger partial charge in [0.1, 0.15) is 17.9 Å². The summed E-state index contributed by atoms with van der Waals surface area (Å²) in [5.74, 6) is 0.494. The van der Waals surface area contributed by atoms with Crippen molar-refractivity contribution in [1.29, 1.82) is 0 Å². The Labute approximate surface area is 149 Å². The van der Waals surface area contributed by atoms with Crippen LogP contribution in [0.1, 0.15) is 25.8 Å². The van der Waals surface area contributed by atoms with Crippen molar-refractivity contribution in [2.75, 3.05) is 6.61 Å². The van der Waals surface area contributed by atoms with Gasteiger partial charge >= 0.3 is 5.63 Å². The van der Waals surface area contributed by atoms with Gasteiger partial charge in [-0.05, 0) is 25.1 Å². The van der Waals surface area contributed by atoms with E-state index in [0.29, 0.717) is 22.6 Å². The van der Waals surface area contributed by atoms with Crippen LogP contribution in [0.3, 0.4) is 0 Å². The number of thiazole rings is 1. The highest BCUT2D eigenvalue weighted by Crippen LogP contribution is 2.25. The van der Waals surface area contributed by atoms with Crippen molar-refractivity contribution in [2.24, 2.45) is 5.41 Å². The zero-order valence-corrected chi connectivity index (χ0v) is 15.4. The highest BCUT2D eigenvalue weighted by molar-refractivity contribution is 7.09. The molecule has 0 fully saturated rings. The smallest absolute Gasteiger partial charge is 0.345 e. The molecule has 0 bridgehead atoms. The molecule has 3 rings (SSSR count). The minimum absolute atomic E-state index is 0.00306. The summed E-state index contributed by atoms with van der Waals surface area (Å²) in [5.41, 5.74) is 0.578. The fraction of sp³-hybridized carbons (Fsp3) is 0.316. The average molecular weight is 357 g/mol.